The van der Waals surface area contributed by atoms with Crippen LogP contribution in [0.3, 0.4) is 0 Å². The summed E-state index contributed by atoms with van der Waals surface area (Å²) in [7, 11) is 1.20. The van der Waals surface area contributed by atoms with Crippen LogP contribution in [-0.4, -0.2) is 71.3 Å². The SMILES string of the molecule is COC1(c2ccc(F)c(Cc3ccc(OCC4(C(F)(F)F)CCC4)cc3)c2)O[C@H](CO)[C@@H](O)[C@H](O)[C@H]1O. The lowest BCUT2D eigenvalue weighted by molar-refractivity contribution is -0.366. The van der Waals surface area contributed by atoms with E-state index in [9.17, 15) is 38.0 Å². The van der Waals surface area contributed by atoms with Crippen molar-refractivity contribution in [3.05, 3.63) is 65.0 Å². The van der Waals surface area contributed by atoms with E-state index in [1.54, 1.807) is 12.1 Å². The normalized spacial score (nSPS) is 29.5. The molecule has 0 radical (unpaired) electrons. The number of alkyl halides is 3. The molecule has 7 nitrogen and oxygen atoms in total. The van der Waals surface area contributed by atoms with E-state index in [2.05, 4.69) is 0 Å². The van der Waals surface area contributed by atoms with Gasteiger partial charge in [-0.1, -0.05) is 24.6 Å². The lowest BCUT2D eigenvalue weighted by Gasteiger charge is -2.47. The van der Waals surface area contributed by atoms with Gasteiger partial charge < -0.3 is 34.6 Å². The summed E-state index contributed by atoms with van der Waals surface area (Å²) in [6.07, 6.45) is -9.94. The molecule has 37 heavy (non-hydrogen) atoms. The summed E-state index contributed by atoms with van der Waals surface area (Å²) in [4.78, 5) is 0. The fourth-order valence-corrected chi connectivity index (χ4v) is 4.85. The summed E-state index contributed by atoms with van der Waals surface area (Å²) >= 11 is 0. The third-order valence-corrected chi connectivity index (χ3v) is 7.45. The molecule has 5 atom stereocenters. The molecule has 1 unspecified atom stereocenters. The number of methoxy groups -OCH3 is 1. The Bertz CT molecular complexity index is 1070. The van der Waals surface area contributed by atoms with Gasteiger partial charge in [0.25, 0.3) is 0 Å². The fourth-order valence-electron chi connectivity index (χ4n) is 4.85. The van der Waals surface area contributed by atoms with Gasteiger partial charge in [0.2, 0.25) is 5.79 Å². The van der Waals surface area contributed by atoms with E-state index in [0.717, 1.165) is 6.07 Å². The molecule has 2 aromatic rings. The molecule has 0 aromatic heterocycles. The number of hydrogen-bond acceptors (Lipinski definition) is 7. The first-order valence-electron chi connectivity index (χ1n) is 11.9. The lowest BCUT2D eigenvalue weighted by atomic mass is 9.69. The minimum Gasteiger partial charge on any atom is -0.493 e. The summed E-state index contributed by atoms with van der Waals surface area (Å²) < 4.78 is 71.2. The number of halogens is 4. The Kier molecular flexibility index (Phi) is 7.85. The van der Waals surface area contributed by atoms with Gasteiger partial charge in [0.15, 0.2) is 0 Å². The van der Waals surface area contributed by atoms with Crippen LogP contribution in [0.25, 0.3) is 0 Å². The number of aliphatic hydroxyl groups is 4. The third-order valence-electron chi connectivity index (χ3n) is 7.45. The summed E-state index contributed by atoms with van der Waals surface area (Å²) in [5, 5.41) is 40.6. The Morgan fingerprint density at radius 2 is 1.70 bits per heavy atom. The first kappa shape index (κ1) is 27.7. The molecule has 4 N–H and O–H groups in total. The summed E-state index contributed by atoms with van der Waals surface area (Å²) in [6.45, 7) is -1.12. The van der Waals surface area contributed by atoms with Crippen molar-refractivity contribution in [3.8, 4) is 5.75 Å². The van der Waals surface area contributed by atoms with Gasteiger partial charge >= 0.3 is 6.18 Å². The smallest absolute Gasteiger partial charge is 0.397 e. The first-order valence-corrected chi connectivity index (χ1v) is 11.9. The van der Waals surface area contributed by atoms with E-state index in [1.807, 2.05) is 0 Å². The molecule has 0 bridgehead atoms. The van der Waals surface area contributed by atoms with Crippen molar-refractivity contribution in [3.63, 3.8) is 0 Å². The topological polar surface area (TPSA) is 109 Å². The molecule has 204 valence electrons. The molecule has 1 saturated carbocycles. The number of rotatable bonds is 8. The van der Waals surface area contributed by atoms with Gasteiger partial charge in [0.05, 0.1) is 12.0 Å². The maximum absolute atomic E-state index is 14.7. The van der Waals surface area contributed by atoms with Crippen LogP contribution in [0.4, 0.5) is 17.6 Å². The van der Waals surface area contributed by atoms with E-state index < -0.39 is 60.8 Å². The zero-order valence-electron chi connectivity index (χ0n) is 20.1. The Morgan fingerprint density at radius 1 is 1.03 bits per heavy atom. The Labute approximate surface area is 211 Å². The van der Waals surface area contributed by atoms with Crippen LogP contribution in [0.5, 0.6) is 5.75 Å². The molecular weight excluding hydrogens is 500 g/mol. The molecule has 0 spiro atoms. The quantitative estimate of drug-likeness (QED) is 0.389. The molecule has 1 heterocycles. The van der Waals surface area contributed by atoms with E-state index in [-0.39, 0.29) is 36.1 Å². The predicted molar refractivity (Wildman–Crippen MR) is 122 cm³/mol. The number of benzene rings is 2. The second kappa shape index (κ2) is 10.5. The van der Waals surface area contributed by atoms with Crippen LogP contribution in [0.15, 0.2) is 42.5 Å². The van der Waals surface area contributed by atoms with Crippen molar-refractivity contribution in [1.29, 1.82) is 0 Å². The summed E-state index contributed by atoms with van der Waals surface area (Å²) in [5.41, 5.74) is -0.833. The lowest BCUT2D eigenvalue weighted by Crippen LogP contribution is -2.64. The van der Waals surface area contributed by atoms with Gasteiger partial charge in [0, 0.05) is 19.1 Å². The van der Waals surface area contributed by atoms with Crippen LogP contribution >= 0.6 is 0 Å². The highest BCUT2D eigenvalue weighted by molar-refractivity contribution is 5.36. The molecular formula is C26H30F4O7. The predicted octanol–water partition coefficient (Wildman–Crippen LogP) is 2.80. The highest BCUT2D eigenvalue weighted by Crippen LogP contribution is 2.53. The minimum atomic E-state index is -4.33. The number of aliphatic hydroxyl groups excluding tert-OH is 4. The third kappa shape index (κ3) is 5.08. The molecule has 1 aliphatic heterocycles. The van der Waals surface area contributed by atoms with Crippen molar-refractivity contribution < 1.29 is 52.2 Å². The maximum Gasteiger partial charge on any atom is 0.397 e. The Balaban J connectivity index is 1.51. The summed E-state index contributed by atoms with van der Waals surface area (Å²) in [6, 6.07) is 10.1. The maximum atomic E-state index is 14.7. The van der Waals surface area contributed by atoms with Crippen LogP contribution in [-0.2, 0) is 21.7 Å². The molecule has 0 amide bonds. The van der Waals surface area contributed by atoms with Gasteiger partial charge in [-0.2, -0.15) is 13.2 Å². The molecule has 2 fully saturated rings. The van der Waals surface area contributed by atoms with Crippen LogP contribution in [0.1, 0.15) is 36.0 Å². The van der Waals surface area contributed by atoms with Crippen LogP contribution < -0.4 is 4.74 Å². The highest BCUT2D eigenvalue weighted by atomic mass is 19.4. The molecule has 2 aliphatic rings. The Morgan fingerprint density at radius 3 is 2.24 bits per heavy atom. The largest absolute Gasteiger partial charge is 0.493 e. The van der Waals surface area contributed by atoms with Crippen molar-refractivity contribution in [2.24, 2.45) is 5.41 Å². The van der Waals surface area contributed by atoms with Gasteiger partial charge in [-0.15, -0.1) is 0 Å². The van der Waals surface area contributed by atoms with Gasteiger partial charge in [0.1, 0.15) is 42.6 Å². The zero-order valence-corrected chi connectivity index (χ0v) is 20.1. The van der Waals surface area contributed by atoms with E-state index >= 15 is 0 Å². The van der Waals surface area contributed by atoms with E-state index in [0.29, 0.717) is 12.0 Å². The van der Waals surface area contributed by atoms with Crippen molar-refractivity contribution >= 4 is 0 Å². The van der Waals surface area contributed by atoms with Gasteiger partial charge in [-0.05, 0) is 48.2 Å². The van der Waals surface area contributed by atoms with Crippen LogP contribution in [0, 0.1) is 11.2 Å². The molecule has 1 aliphatic carbocycles. The monoisotopic (exact) mass is 530 g/mol. The number of ether oxygens (including phenoxy) is 3. The zero-order chi connectivity index (χ0) is 27.0. The van der Waals surface area contributed by atoms with Gasteiger partial charge in [-0.25, -0.2) is 4.39 Å². The Hall–Kier alpha value is -2.28. The van der Waals surface area contributed by atoms with Crippen LogP contribution in [0.2, 0.25) is 0 Å². The molecule has 1 saturated heterocycles. The second-order valence-corrected chi connectivity index (χ2v) is 9.68. The first-order chi connectivity index (χ1) is 17.5. The van der Waals surface area contributed by atoms with E-state index in [1.165, 1.54) is 31.4 Å². The number of hydrogen-bond donors (Lipinski definition) is 4. The average Bonchev–Trinajstić information content (AvgIpc) is 2.84. The van der Waals surface area contributed by atoms with Gasteiger partial charge in [-0.3, -0.25) is 0 Å². The van der Waals surface area contributed by atoms with Crippen molar-refractivity contribution in [2.45, 2.75) is 62.1 Å². The highest BCUT2D eigenvalue weighted by Gasteiger charge is 2.59. The molecule has 11 heteroatoms. The molecule has 4 rings (SSSR count). The average molecular weight is 531 g/mol. The summed E-state index contributed by atoms with van der Waals surface area (Å²) in [5.74, 6) is -2.28. The second-order valence-electron chi connectivity index (χ2n) is 9.68. The van der Waals surface area contributed by atoms with Crippen molar-refractivity contribution in [1.82, 2.24) is 0 Å². The minimum absolute atomic E-state index is 0.0423. The fraction of sp³-hybridized carbons (Fsp3) is 0.538. The van der Waals surface area contributed by atoms with Crippen molar-refractivity contribution in [2.75, 3.05) is 20.3 Å². The molecule has 2 aromatic carbocycles. The standard InChI is InChI=1S/C26H30F4O7/c1-35-25(23(34)22(33)21(32)20(13-31)37-25)17-5-8-19(27)16(12-17)11-15-3-6-18(7-4-15)36-14-24(9-2-10-24)26(28,29)30/h3-8,12,20-23,31-34H,2,9-11,13-14H2,1H3/t20-,21-,22+,23-,25?/m1/s1. The van der Waals surface area contributed by atoms with E-state index in [4.69, 9.17) is 14.2 Å².